The van der Waals surface area contributed by atoms with Crippen LogP contribution in [0.5, 0.6) is 0 Å². The first kappa shape index (κ1) is 10.9. The second kappa shape index (κ2) is 2.66. The predicted molar refractivity (Wildman–Crippen MR) is 30.4 cm³/mol. The third-order valence-corrected chi connectivity index (χ3v) is 2.27. The third-order valence-electron chi connectivity index (χ3n) is 1.60. The van der Waals surface area contributed by atoms with Gasteiger partial charge in [0, 0.05) is 0 Å². The molecule has 0 radical (unpaired) electrons. The summed E-state index contributed by atoms with van der Waals surface area (Å²) in [6.07, 6.45) is -13.1. The Morgan fingerprint density at radius 3 is 1.38 bits per heavy atom. The lowest BCUT2D eigenvalue weighted by molar-refractivity contribution is -0.272. The van der Waals surface area contributed by atoms with E-state index < -0.39 is 29.9 Å². The second-order valence-electron chi connectivity index (χ2n) is 2.53. The van der Waals surface area contributed by atoms with Crippen LogP contribution in [0.4, 0.5) is 26.3 Å². The van der Waals surface area contributed by atoms with Gasteiger partial charge < -0.3 is 4.74 Å². The maximum absolute atomic E-state index is 12.0. The zero-order chi connectivity index (χ0) is 10.5. The van der Waals surface area contributed by atoms with Gasteiger partial charge in [-0.25, -0.2) is 0 Å². The number of alkyl halides is 7. The maximum atomic E-state index is 12.0. The predicted octanol–water partition coefficient (Wildman–Crippen LogP) is 2.49. The highest BCUT2D eigenvalue weighted by atomic mass is 35.5. The fraction of sp³-hybridized carbons (Fsp3) is 1.00. The van der Waals surface area contributed by atoms with Gasteiger partial charge in [-0.05, 0) is 0 Å². The van der Waals surface area contributed by atoms with Crippen molar-refractivity contribution in [2.24, 2.45) is 0 Å². The monoisotopic (exact) mass is 228 g/mol. The average Bonchev–Trinajstić information content (AvgIpc) is 2.60. The Labute approximate surface area is 73.6 Å². The number of hydrogen-bond donors (Lipinski definition) is 0. The summed E-state index contributed by atoms with van der Waals surface area (Å²) < 4.78 is 75.7. The number of ether oxygens (including phenoxy) is 1. The maximum Gasteiger partial charge on any atom is 0.419 e. The number of halogens is 7. The standard InChI is InChI=1S/C5H3ClF6O/c6-3(2-1-13-2,4(7,8)9)5(10,11)12/h2H,1H2. The second-order valence-corrected chi connectivity index (χ2v) is 3.13. The third kappa shape index (κ3) is 1.59. The van der Waals surface area contributed by atoms with Crippen molar-refractivity contribution in [3.8, 4) is 0 Å². The molecule has 0 amide bonds. The molecule has 0 N–H and O–H groups in total. The molecule has 1 heterocycles. The van der Waals surface area contributed by atoms with Crippen LogP contribution in [0.15, 0.2) is 0 Å². The van der Waals surface area contributed by atoms with E-state index >= 15 is 0 Å². The summed E-state index contributed by atoms with van der Waals surface area (Å²) >= 11 is 4.51. The van der Waals surface area contributed by atoms with Gasteiger partial charge in [-0.3, -0.25) is 0 Å². The summed E-state index contributed by atoms with van der Waals surface area (Å²) in [5.74, 6) is 0. The van der Waals surface area contributed by atoms with E-state index in [0.717, 1.165) is 0 Å². The smallest absolute Gasteiger partial charge is 0.370 e. The fourth-order valence-electron chi connectivity index (χ4n) is 0.804. The minimum atomic E-state index is -5.56. The quantitative estimate of drug-likeness (QED) is 0.382. The van der Waals surface area contributed by atoms with Crippen LogP contribution in [0.2, 0.25) is 0 Å². The first-order chi connectivity index (χ1) is 5.61. The molecule has 0 bridgehead atoms. The lowest BCUT2D eigenvalue weighted by Gasteiger charge is -2.29. The van der Waals surface area contributed by atoms with Crippen molar-refractivity contribution in [1.82, 2.24) is 0 Å². The molecule has 13 heavy (non-hydrogen) atoms. The summed E-state index contributed by atoms with van der Waals surface area (Å²) in [4.78, 5) is -4.26. The highest BCUT2D eigenvalue weighted by Gasteiger charge is 2.77. The molecule has 78 valence electrons. The van der Waals surface area contributed by atoms with E-state index in [1.807, 2.05) is 0 Å². The van der Waals surface area contributed by atoms with Gasteiger partial charge in [0.2, 0.25) is 0 Å². The van der Waals surface area contributed by atoms with Crippen LogP contribution in [0.1, 0.15) is 0 Å². The van der Waals surface area contributed by atoms with E-state index in [4.69, 9.17) is 0 Å². The van der Waals surface area contributed by atoms with Gasteiger partial charge in [0.1, 0.15) is 6.10 Å². The first-order valence-corrected chi connectivity index (χ1v) is 3.42. The number of hydrogen-bond acceptors (Lipinski definition) is 1. The zero-order valence-corrected chi connectivity index (χ0v) is 6.59. The molecule has 1 saturated heterocycles. The van der Waals surface area contributed by atoms with Gasteiger partial charge in [0.25, 0.3) is 4.87 Å². The molecule has 1 rings (SSSR count). The van der Waals surface area contributed by atoms with E-state index in [-0.39, 0.29) is 0 Å². The van der Waals surface area contributed by atoms with E-state index in [9.17, 15) is 26.3 Å². The van der Waals surface area contributed by atoms with Gasteiger partial charge in [0.15, 0.2) is 0 Å². The minimum Gasteiger partial charge on any atom is -0.370 e. The van der Waals surface area contributed by atoms with Crippen LogP contribution in [-0.2, 0) is 4.74 Å². The Morgan fingerprint density at radius 2 is 1.31 bits per heavy atom. The summed E-state index contributed by atoms with van der Waals surface area (Å²) in [6, 6.07) is 0. The molecule has 0 aromatic heterocycles. The number of rotatable bonds is 1. The van der Waals surface area contributed by atoms with E-state index in [0.29, 0.717) is 0 Å². The van der Waals surface area contributed by atoms with Crippen molar-refractivity contribution < 1.29 is 31.1 Å². The van der Waals surface area contributed by atoms with Crippen molar-refractivity contribution in [2.45, 2.75) is 23.3 Å². The molecule has 1 fully saturated rings. The average molecular weight is 229 g/mol. The molecule has 0 saturated carbocycles. The van der Waals surface area contributed by atoms with Gasteiger partial charge in [0.05, 0.1) is 6.61 Å². The summed E-state index contributed by atoms with van der Waals surface area (Å²) in [5, 5.41) is 0. The fourth-order valence-corrected chi connectivity index (χ4v) is 0.930. The molecule has 0 aliphatic carbocycles. The van der Waals surface area contributed by atoms with Crippen molar-refractivity contribution in [1.29, 1.82) is 0 Å². The largest absolute Gasteiger partial charge is 0.419 e. The Hall–Kier alpha value is -0.170. The van der Waals surface area contributed by atoms with Crippen LogP contribution < -0.4 is 0 Å². The van der Waals surface area contributed by atoms with Crippen molar-refractivity contribution in [2.75, 3.05) is 6.61 Å². The van der Waals surface area contributed by atoms with Gasteiger partial charge in [-0.2, -0.15) is 26.3 Å². The van der Waals surface area contributed by atoms with Crippen molar-refractivity contribution in [3.63, 3.8) is 0 Å². The molecular formula is C5H3ClF6O. The lowest BCUT2D eigenvalue weighted by atomic mass is 10.0. The van der Waals surface area contributed by atoms with E-state index in [2.05, 4.69) is 16.3 Å². The van der Waals surface area contributed by atoms with E-state index in [1.54, 1.807) is 0 Å². The molecule has 0 spiro atoms. The normalized spacial score (nSPS) is 24.7. The highest BCUT2D eigenvalue weighted by Crippen LogP contribution is 2.53. The van der Waals surface area contributed by atoms with Gasteiger partial charge in [-0.1, -0.05) is 11.6 Å². The zero-order valence-electron chi connectivity index (χ0n) is 5.84. The Kier molecular flexibility index (Phi) is 2.23. The Bertz CT molecular complexity index is 190. The summed E-state index contributed by atoms with van der Waals surface area (Å²) in [5.41, 5.74) is 0. The van der Waals surface area contributed by atoms with Gasteiger partial charge >= 0.3 is 12.4 Å². The molecular weight excluding hydrogens is 225 g/mol. The molecule has 0 aromatic rings. The highest BCUT2D eigenvalue weighted by molar-refractivity contribution is 6.25. The molecule has 1 unspecified atom stereocenters. The molecule has 0 aromatic carbocycles. The molecule has 8 heteroatoms. The van der Waals surface area contributed by atoms with Crippen molar-refractivity contribution >= 4 is 11.6 Å². The summed E-state index contributed by atoms with van der Waals surface area (Å²) in [6.45, 7) is -0.622. The van der Waals surface area contributed by atoms with Crippen LogP contribution >= 0.6 is 11.6 Å². The molecule has 1 nitrogen and oxygen atoms in total. The van der Waals surface area contributed by atoms with Crippen molar-refractivity contribution in [3.05, 3.63) is 0 Å². The Morgan fingerprint density at radius 1 is 1.00 bits per heavy atom. The van der Waals surface area contributed by atoms with Gasteiger partial charge in [-0.15, -0.1) is 0 Å². The first-order valence-electron chi connectivity index (χ1n) is 3.04. The minimum absolute atomic E-state index is 0.622. The van der Waals surface area contributed by atoms with Crippen LogP contribution in [0.3, 0.4) is 0 Å². The topological polar surface area (TPSA) is 12.5 Å². The Balaban J connectivity index is 3.01. The van der Waals surface area contributed by atoms with Crippen LogP contribution in [0.25, 0.3) is 0 Å². The molecule has 1 atom stereocenters. The lowest BCUT2D eigenvalue weighted by Crippen LogP contribution is -2.56. The summed E-state index contributed by atoms with van der Waals surface area (Å²) in [7, 11) is 0. The molecule has 1 aliphatic heterocycles. The molecule has 1 aliphatic rings. The SMILES string of the molecule is FC(F)(F)C(Cl)(C1CO1)C(F)(F)F. The van der Waals surface area contributed by atoms with E-state index in [1.165, 1.54) is 0 Å². The van der Waals surface area contributed by atoms with Crippen LogP contribution in [-0.4, -0.2) is 29.9 Å². The number of epoxide rings is 1. The van der Waals surface area contributed by atoms with Crippen LogP contribution in [0, 0.1) is 0 Å².